The van der Waals surface area contributed by atoms with Crippen LogP contribution in [0.25, 0.3) is 0 Å². The number of aryl methyl sites for hydroxylation is 1. The van der Waals surface area contributed by atoms with E-state index < -0.39 is 0 Å². The number of hydrogen-bond acceptors (Lipinski definition) is 2. The van der Waals surface area contributed by atoms with Gasteiger partial charge >= 0.3 is 0 Å². The molecule has 56 valence electrons. The Balaban J connectivity index is 3.01. The molecule has 0 N–H and O–H groups in total. The summed E-state index contributed by atoms with van der Waals surface area (Å²) in [6.45, 7) is 1.93. The molecule has 2 nitrogen and oxygen atoms in total. The Labute approximate surface area is 70.4 Å². The second-order valence-electron chi connectivity index (χ2n) is 2.29. The molecule has 1 rings (SSSR count). The minimum Gasteiger partial charge on any atom is -0.240 e. The monoisotopic (exact) mass is 166 g/mol. The second kappa shape index (κ2) is 3.36. The van der Waals surface area contributed by atoms with Crippen LogP contribution in [0, 0.1) is 18.3 Å². The van der Waals surface area contributed by atoms with Crippen molar-refractivity contribution in [3.8, 4) is 6.07 Å². The molecule has 1 heterocycles. The lowest BCUT2D eigenvalue weighted by molar-refractivity contribution is 1.10. The van der Waals surface area contributed by atoms with Gasteiger partial charge in [-0.2, -0.15) is 5.26 Å². The Morgan fingerprint density at radius 1 is 1.64 bits per heavy atom. The Kier molecular flexibility index (Phi) is 2.45. The molecule has 0 saturated heterocycles. The third-order valence-electron chi connectivity index (χ3n) is 1.25. The van der Waals surface area contributed by atoms with Gasteiger partial charge in [0.15, 0.2) is 0 Å². The van der Waals surface area contributed by atoms with E-state index in [9.17, 15) is 0 Å². The summed E-state index contributed by atoms with van der Waals surface area (Å²) in [5.74, 6) is 0. The fraction of sp³-hybridized carbons (Fsp3) is 0.250. The zero-order valence-corrected chi connectivity index (χ0v) is 6.89. The molecule has 1 aromatic rings. The summed E-state index contributed by atoms with van der Waals surface area (Å²) < 4.78 is 0. The van der Waals surface area contributed by atoms with Crippen LogP contribution < -0.4 is 0 Å². The van der Waals surface area contributed by atoms with Gasteiger partial charge in [-0.3, -0.25) is 0 Å². The summed E-state index contributed by atoms with van der Waals surface area (Å²) in [5.41, 5.74) is 1.77. The van der Waals surface area contributed by atoms with Gasteiger partial charge in [0.1, 0.15) is 5.15 Å². The summed E-state index contributed by atoms with van der Waals surface area (Å²) in [7, 11) is 0. The molecule has 11 heavy (non-hydrogen) atoms. The van der Waals surface area contributed by atoms with Gasteiger partial charge in [0.25, 0.3) is 0 Å². The Morgan fingerprint density at radius 2 is 2.36 bits per heavy atom. The molecule has 0 bridgehead atoms. The van der Waals surface area contributed by atoms with Crippen LogP contribution in [0.15, 0.2) is 12.1 Å². The highest BCUT2D eigenvalue weighted by Gasteiger charge is 1.96. The number of halogens is 1. The summed E-state index contributed by atoms with van der Waals surface area (Å²) in [5, 5.41) is 8.82. The van der Waals surface area contributed by atoms with Crippen LogP contribution in [0.1, 0.15) is 11.3 Å². The molecule has 0 saturated carbocycles. The summed E-state index contributed by atoms with van der Waals surface area (Å²) in [6, 6.07) is 5.64. The maximum atomic E-state index is 8.37. The molecule has 0 fully saturated rings. The van der Waals surface area contributed by atoms with Crippen molar-refractivity contribution in [2.24, 2.45) is 0 Å². The van der Waals surface area contributed by atoms with Gasteiger partial charge in [-0.15, -0.1) is 0 Å². The predicted molar refractivity (Wildman–Crippen MR) is 43.3 cm³/mol. The standard InChI is InChI=1S/C8H7ClN2/c1-6-4-7(2-3-10)11-8(9)5-6/h4-5H,2H2,1H3. The second-order valence-corrected chi connectivity index (χ2v) is 2.68. The first-order valence-electron chi connectivity index (χ1n) is 3.22. The third kappa shape index (κ3) is 2.21. The van der Waals surface area contributed by atoms with Crippen LogP contribution in [0.5, 0.6) is 0 Å². The van der Waals surface area contributed by atoms with Crippen LogP contribution in [0.4, 0.5) is 0 Å². The molecule has 0 aliphatic carbocycles. The largest absolute Gasteiger partial charge is 0.240 e. The molecular formula is C8H7ClN2. The SMILES string of the molecule is Cc1cc(Cl)nc(CC#N)c1. The van der Waals surface area contributed by atoms with Crippen LogP contribution in [-0.4, -0.2) is 4.98 Å². The van der Waals surface area contributed by atoms with Crippen LogP contribution in [0.3, 0.4) is 0 Å². The van der Waals surface area contributed by atoms with Crippen LogP contribution in [-0.2, 0) is 6.42 Å². The fourth-order valence-electron chi connectivity index (χ4n) is 0.866. The normalized spacial score (nSPS) is 9.18. The first kappa shape index (κ1) is 8.03. The molecule has 0 spiro atoms. The van der Waals surface area contributed by atoms with Crippen molar-refractivity contribution in [1.82, 2.24) is 4.98 Å². The number of nitrogens with zero attached hydrogens (tertiary/aromatic N) is 2. The van der Waals surface area contributed by atoms with E-state index in [1.54, 1.807) is 6.07 Å². The maximum Gasteiger partial charge on any atom is 0.129 e. The number of aromatic nitrogens is 1. The van der Waals surface area contributed by atoms with Gasteiger partial charge in [0, 0.05) is 0 Å². The van der Waals surface area contributed by atoms with E-state index in [1.165, 1.54) is 0 Å². The molecule has 1 aromatic heterocycles. The van der Waals surface area contributed by atoms with E-state index in [0.29, 0.717) is 11.6 Å². The van der Waals surface area contributed by atoms with E-state index in [1.807, 2.05) is 19.1 Å². The molecule has 0 aliphatic heterocycles. The Morgan fingerprint density at radius 3 is 2.91 bits per heavy atom. The highest BCUT2D eigenvalue weighted by molar-refractivity contribution is 6.29. The zero-order valence-electron chi connectivity index (χ0n) is 6.13. The first-order valence-corrected chi connectivity index (χ1v) is 3.60. The number of nitriles is 1. The van der Waals surface area contributed by atoms with Gasteiger partial charge in [0.05, 0.1) is 18.2 Å². The van der Waals surface area contributed by atoms with E-state index in [4.69, 9.17) is 16.9 Å². The van der Waals surface area contributed by atoms with Crippen molar-refractivity contribution in [2.45, 2.75) is 13.3 Å². The van der Waals surface area contributed by atoms with Crippen molar-refractivity contribution < 1.29 is 0 Å². The predicted octanol–water partition coefficient (Wildman–Crippen LogP) is 2.11. The van der Waals surface area contributed by atoms with Crippen molar-refractivity contribution in [2.75, 3.05) is 0 Å². The molecule has 3 heteroatoms. The number of pyridine rings is 1. The van der Waals surface area contributed by atoms with E-state index in [-0.39, 0.29) is 0 Å². The van der Waals surface area contributed by atoms with Crippen LogP contribution >= 0.6 is 11.6 Å². The summed E-state index contributed by atoms with van der Waals surface area (Å²) in [6.07, 6.45) is 0.321. The van der Waals surface area contributed by atoms with Crippen molar-refractivity contribution in [1.29, 1.82) is 5.26 Å². The van der Waals surface area contributed by atoms with Gasteiger partial charge in [-0.05, 0) is 24.6 Å². The lowest BCUT2D eigenvalue weighted by atomic mass is 10.2. The number of rotatable bonds is 1. The summed E-state index contributed by atoms with van der Waals surface area (Å²) in [4.78, 5) is 3.97. The van der Waals surface area contributed by atoms with E-state index >= 15 is 0 Å². The van der Waals surface area contributed by atoms with Crippen molar-refractivity contribution in [3.63, 3.8) is 0 Å². The highest BCUT2D eigenvalue weighted by Crippen LogP contribution is 2.09. The molecule has 0 aliphatic rings. The molecule has 0 aromatic carbocycles. The fourth-order valence-corrected chi connectivity index (χ4v) is 1.15. The molecular weight excluding hydrogens is 160 g/mol. The van der Waals surface area contributed by atoms with E-state index in [2.05, 4.69) is 4.98 Å². The van der Waals surface area contributed by atoms with Crippen molar-refractivity contribution in [3.05, 3.63) is 28.5 Å². The maximum absolute atomic E-state index is 8.37. The average molecular weight is 167 g/mol. The Bertz CT molecular complexity index is 281. The third-order valence-corrected chi connectivity index (χ3v) is 1.45. The highest BCUT2D eigenvalue weighted by atomic mass is 35.5. The zero-order chi connectivity index (χ0) is 8.27. The van der Waals surface area contributed by atoms with E-state index in [0.717, 1.165) is 11.3 Å². The van der Waals surface area contributed by atoms with Gasteiger partial charge in [0.2, 0.25) is 0 Å². The molecule has 0 amide bonds. The lowest BCUT2D eigenvalue weighted by Gasteiger charge is -1.96. The topological polar surface area (TPSA) is 36.7 Å². The van der Waals surface area contributed by atoms with Crippen LogP contribution in [0.2, 0.25) is 5.15 Å². The Hall–Kier alpha value is -1.07. The molecule has 0 unspecified atom stereocenters. The minimum atomic E-state index is 0.321. The van der Waals surface area contributed by atoms with Gasteiger partial charge in [-0.1, -0.05) is 11.6 Å². The van der Waals surface area contributed by atoms with Gasteiger partial charge < -0.3 is 0 Å². The minimum absolute atomic E-state index is 0.321. The molecule has 0 radical (unpaired) electrons. The first-order chi connectivity index (χ1) is 5.22. The quantitative estimate of drug-likeness (QED) is 0.600. The number of hydrogen-bond donors (Lipinski definition) is 0. The van der Waals surface area contributed by atoms with Crippen molar-refractivity contribution >= 4 is 11.6 Å². The smallest absolute Gasteiger partial charge is 0.129 e. The van der Waals surface area contributed by atoms with Gasteiger partial charge in [-0.25, -0.2) is 4.98 Å². The lowest BCUT2D eigenvalue weighted by Crippen LogP contribution is -1.89. The molecule has 0 atom stereocenters. The summed E-state index contributed by atoms with van der Waals surface area (Å²) >= 11 is 5.67. The average Bonchev–Trinajstić information content (AvgIpc) is 1.85.